The SMILES string of the molecule is Cc1nc(Cl)cc(N2CCOC(Cn3ccnn3)C2)n1. The maximum atomic E-state index is 5.99. The molecule has 20 heavy (non-hydrogen) atoms. The van der Waals surface area contributed by atoms with E-state index in [1.165, 1.54) is 0 Å². The van der Waals surface area contributed by atoms with Crippen LogP contribution in [0.25, 0.3) is 0 Å². The molecule has 0 aromatic carbocycles. The monoisotopic (exact) mass is 294 g/mol. The van der Waals surface area contributed by atoms with Gasteiger partial charge < -0.3 is 9.64 Å². The molecule has 106 valence electrons. The van der Waals surface area contributed by atoms with Crippen molar-refractivity contribution in [1.82, 2.24) is 25.0 Å². The Labute approximate surface area is 121 Å². The summed E-state index contributed by atoms with van der Waals surface area (Å²) in [5.74, 6) is 1.52. The number of rotatable bonds is 3. The van der Waals surface area contributed by atoms with E-state index in [-0.39, 0.29) is 6.10 Å². The highest BCUT2D eigenvalue weighted by molar-refractivity contribution is 6.29. The van der Waals surface area contributed by atoms with E-state index in [1.54, 1.807) is 16.9 Å². The minimum atomic E-state index is 0.0551. The molecule has 0 amide bonds. The van der Waals surface area contributed by atoms with Crippen molar-refractivity contribution in [3.05, 3.63) is 29.4 Å². The van der Waals surface area contributed by atoms with Crippen LogP contribution in [0, 0.1) is 6.92 Å². The average molecular weight is 295 g/mol. The standard InChI is InChI=1S/C12H15ClN6O/c1-9-15-11(13)6-12(16-9)18-4-5-20-10(7-18)8-19-3-2-14-17-19/h2-3,6,10H,4-5,7-8H2,1H3. The van der Waals surface area contributed by atoms with Gasteiger partial charge in [0.15, 0.2) is 0 Å². The first-order chi connectivity index (χ1) is 9.70. The number of aryl methyl sites for hydroxylation is 1. The van der Waals surface area contributed by atoms with Crippen molar-refractivity contribution >= 4 is 17.4 Å². The second-order valence-corrected chi connectivity index (χ2v) is 5.05. The first-order valence-electron chi connectivity index (χ1n) is 6.42. The van der Waals surface area contributed by atoms with Crippen LogP contribution in [0.2, 0.25) is 5.15 Å². The van der Waals surface area contributed by atoms with E-state index in [4.69, 9.17) is 16.3 Å². The Morgan fingerprint density at radius 1 is 1.45 bits per heavy atom. The summed E-state index contributed by atoms with van der Waals surface area (Å²) in [6, 6.07) is 1.78. The van der Waals surface area contributed by atoms with Gasteiger partial charge in [0.2, 0.25) is 0 Å². The number of morpholine rings is 1. The van der Waals surface area contributed by atoms with E-state index >= 15 is 0 Å². The molecule has 0 spiro atoms. The minimum Gasteiger partial charge on any atom is -0.373 e. The van der Waals surface area contributed by atoms with Crippen molar-refractivity contribution < 1.29 is 4.74 Å². The van der Waals surface area contributed by atoms with Crippen LogP contribution in [-0.4, -0.2) is 50.8 Å². The Balaban J connectivity index is 1.71. The summed E-state index contributed by atoms with van der Waals surface area (Å²) in [6.45, 7) is 4.70. The summed E-state index contributed by atoms with van der Waals surface area (Å²) in [5, 5.41) is 8.22. The molecule has 3 heterocycles. The molecule has 8 heteroatoms. The zero-order valence-electron chi connectivity index (χ0n) is 11.1. The van der Waals surface area contributed by atoms with Gasteiger partial charge in [-0.3, -0.25) is 0 Å². The Hall–Kier alpha value is -1.73. The van der Waals surface area contributed by atoms with Gasteiger partial charge in [0.25, 0.3) is 0 Å². The van der Waals surface area contributed by atoms with Crippen LogP contribution >= 0.6 is 11.6 Å². The normalized spacial score (nSPS) is 19.3. The molecule has 0 N–H and O–H groups in total. The lowest BCUT2D eigenvalue weighted by Gasteiger charge is -2.33. The lowest BCUT2D eigenvalue weighted by molar-refractivity contribution is 0.0268. The summed E-state index contributed by atoms with van der Waals surface area (Å²) in [6.07, 6.45) is 3.54. The molecular formula is C12H15ClN6O. The van der Waals surface area contributed by atoms with Crippen LogP contribution in [0.4, 0.5) is 5.82 Å². The van der Waals surface area contributed by atoms with E-state index in [0.29, 0.717) is 24.1 Å². The van der Waals surface area contributed by atoms with Crippen LogP contribution in [0.5, 0.6) is 0 Å². The predicted molar refractivity (Wildman–Crippen MR) is 73.8 cm³/mol. The maximum absolute atomic E-state index is 5.99. The second-order valence-electron chi connectivity index (χ2n) is 4.66. The van der Waals surface area contributed by atoms with Crippen molar-refractivity contribution in [2.45, 2.75) is 19.6 Å². The highest BCUT2D eigenvalue weighted by Crippen LogP contribution is 2.19. The van der Waals surface area contributed by atoms with Crippen molar-refractivity contribution in [2.24, 2.45) is 0 Å². The minimum absolute atomic E-state index is 0.0551. The smallest absolute Gasteiger partial charge is 0.134 e. The molecule has 1 saturated heterocycles. The lowest BCUT2D eigenvalue weighted by Crippen LogP contribution is -2.44. The molecule has 0 saturated carbocycles. The van der Waals surface area contributed by atoms with Crippen molar-refractivity contribution in [1.29, 1.82) is 0 Å². The highest BCUT2D eigenvalue weighted by atomic mass is 35.5. The van der Waals surface area contributed by atoms with Crippen molar-refractivity contribution in [3.63, 3.8) is 0 Å². The lowest BCUT2D eigenvalue weighted by atomic mass is 10.2. The largest absolute Gasteiger partial charge is 0.373 e. The summed E-state index contributed by atoms with van der Waals surface area (Å²) in [4.78, 5) is 10.7. The highest BCUT2D eigenvalue weighted by Gasteiger charge is 2.22. The predicted octanol–water partition coefficient (Wildman–Crippen LogP) is 0.935. The first kappa shape index (κ1) is 13.3. The Kier molecular flexibility index (Phi) is 3.79. The Morgan fingerprint density at radius 2 is 2.35 bits per heavy atom. The van der Waals surface area contributed by atoms with Gasteiger partial charge in [-0.2, -0.15) is 0 Å². The van der Waals surface area contributed by atoms with Crippen LogP contribution in [0.1, 0.15) is 5.82 Å². The van der Waals surface area contributed by atoms with E-state index in [9.17, 15) is 0 Å². The van der Waals surface area contributed by atoms with E-state index in [2.05, 4.69) is 25.2 Å². The number of halogens is 1. The van der Waals surface area contributed by atoms with E-state index in [0.717, 1.165) is 18.9 Å². The summed E-state index contributed by atoms with van der Waals surface area (Å²) < 4.78 is 7.53. The topological polar surface area (TPSA) is 69.0 Å². The molecule has 0 radical (unpaired) electrons. The molecule has 2 aromatic heterocycles. The third-order valence-electron chi connectivity index (χ3n) is 3.12. The molecule has 1 aliphatic heterocycles. The van der Waals surface area contributed by atoms with Gasteiger partial charge in [-0.25, -0.2) is 14.6 Å². The number of aromatic nitrogens is 5. The van der Waals surface area contributed by atoms with E-state index < -0.39 is 0 Å². The number of nitrogens with zero attached hydrogens (tertiary/aromatic N) is 6. The molecule has 0 aliphatic carbocycles. The van der Waals surface area contributed by atoms with Gasteiger partial charge in [-0.1, -0.05) is 16.8 Å². The molecule has 2 aromatic rings. The van der Waals surface area contributed by atoms with Crippen LogP contribution in [-0.2, 0) is 11.3 Å². The zero-order chi connectivity index (χ0) is 13.9. The molecule has 1 aliphatic rings. The number of hydrogen-bond acceptors (Lipinski definition) is 6. The second kappa shape index (κ2) is 5.72. The van der Waals surface area contributed by atoms with Crippen molar-refractivity contribution in [3.8, 4) is 0 Å². The summed E-state index contributed by atoms with van der Waals surface area (Å²) >= 11 is 5.99. The number of ether oxygens (including phenoxy) is 1. The maximum Gasteiger partial charge on any atom is 0.134 e. The number of hydrogen-bond donors (Lipinski definition) is 0. The third-order valence-corrected chi connectivity index (χ3v) is 3.31. The van der Waals surface area contributed by atoms with Gasteiger partial charge >= 0.3 is 0 Å². The van der Waals surface area contributed by atoms with Gasteiger partial charge in [0.1, 0.15) is 16.8 Å². The van der Waals surface area contributed by atoms with Gasteiger partial charge in [-0.15, -0.1) is 5.10 Å². The average Bonchev–Trinajstić information content (AvgIpc) is 2.91. The van der Waals surface area contributed by atoms with Crippen LogP contribution in [0.3, 0.4) is 0 Å². The van der Waals surface area contributed by atoms with Crippen molar-refractivity contribution in [2.75, 3.05) is 24.6 Å². The summed E-state index contributed by atoms with van der Waals surface area (Å²) in [7, 11) is 0. The molecule has 1 unspecified atom stereocenters. The van der Waals surface area contributed by atoms with Crippen LogP contribution in [0.15, 0.2) is 18.5 Å². The molecule has 7 nitrogen and oxygen atoms in total. The van der Waals surface area contributed by atoms with Gasteiger partial charge in [-0.05, 0) is 6.92 Å². The fraction of sp³-hybridized carbons (Fsp3) is 0.500. The zero-order valence-corrected chi connectivity index (χ0v) is 11.9. The van der Waals surface area contributed by atoms with E-state index in [1.807, 2.05) is 13.1 Å². The Bertz CT molecular complexity index is 555. The molecule has 1 fully saturated rings. The fourth-order valence-corrected chi connectivity index (χ4v) is 2.47. The molecule has 1 atom stereocenters. The number of anilines is 1. The quantitative estimate of drug-likeness (QED) is 0.785. The third kappa shape index (κ3) is 3.05. The van der Waals surface area contributed by atoms with Gasteiger partial charge in [0, 0.05) is 25.4 Å². The van der Waals surface area contributed by atoms with Gasteiger partial charge in [0.05, 0.1) is 25.5 Å². The van der Waals surface area contributed by atoms with Crippen LogP contribution < -0.4 is 4.90 Å². The summed E-state index contributed by atoms with van der Waals surface area (Å²) in [5.41, 5.74) is 0. The Morgan fingerprint density at radius 3 is 3.10 bits per heavy atom. The first-order valence-corrected chi connectivity index (χ1v) is 6.80. The molecular weight excluding hydrogens is 280 g/mol. The molecule has 0 bridgehead atoms. The fourth-order valence-electron chi connectivity index (χ4n) is 2.26. The molecule has 3 rings (SSSR count).